The van der Waals surface area contributed by atoms with Crippen LogP contribution in [0.25, 0.3) is 0 Å². The summed E-state index contributed by atoms with van der Waals surface area (Å²) in [5.41, 5.74) is 0. The molecule has 0 unspecified atom stereocenters. The molecule has 10 heavy (non-hydrogen) atoms. The highest BCUT2D eigenvalue weighted by Gasteiger charge is 2.23. The molecule has 0 saturated heterocycles. The Labute approximate surface area is 62.0 Å². The molecule has 0 radical (unpaired) electrons. The molecular formula is C8H14NO+. The van der Waals surface area contributed by atoms with Gasteiger partial charge in [0.2, 0.25) is 0 Å². The van der Waals surface area contributed by atoms with E-state index in [1.807, 2.05) is 6.92 Å². The summed E-state index contributed by atoms with van der Waals surface area (Å²) in [6.45, 7) is 11.3. The summed E-state index contributed by atoms with van der Waals surface area (Å²) in [6.07, 6.45) is 3.19. The Kier molecular flexibility index (Phi) is 3.03. The van der Waals surface area contributed by atoms with Gasteiger partial charge < -0.3 is 0 Å². The normalized spacial score (nSPS) is 10.6. The summed E-state index contributed by atoms with van der Waals surface area (Å²) in [5.74, 6) is 0.0486. The number of amides is 1. The van der Waals surface area contributed by atoms with E-state index in [1.165, 1.54) is 6.92 Å². The van der Waals surface area contributed by atoms with E-state index in [4.69, 9.17) is 0 Å². The lowest BCUT2D eigenvalue weighted by atomic mass is 10.4. The highest BCUT2D eigenvalue weighted by molar-refractivity contribution is 5.66. The van der Waals surface area contributed by atoms with E-state index in [0.717, 1.165) is 0 Å². The van der Waals surface area contributed by atoms with Crippen LogP contribution >= 0.6 is 0 Å². The maximum absolute atomic E-state index is 11.0. The number of rotatable bonds is 3. The lowest BCUT2D eigenvalue weighted by Crippen LogP contribution is -2.40. The second-order valence-corrected chi connectivity index (χ2v) is 2.13. The Morgan fingerprint density at radius 1 is 1.50 bits per heavy atom. The minimum Gasteiger partial charge on any atom is -0.230 e. The van der Waals surface area contributed by atoms with Crippen molar-refractivity contribution in [2.75, 3.05) is 6.54 Å². The van der Waals surface area contributed by atoms with E-state index in [-0.39, 0.29) is 10.4 Å². The second-order valence-electron chi connectivity index (χ2n) is 2.13. The Bertz CT molecular complexity index is 153. The van der Waals surface area contributed by atoms with Gasteiger partial charge in [0.15, 0.2) is 0 Å². The standard InChI is InChI=1S/C8H14NO/c1-5-9(6-2,7-3)8(4)10/h5-6H,1-2,7H2,3-4H3/q+1. The van der Waals surface area contributed by atoms with Crippen LogP contribution in [0.1, 0.15) is 13.8 Å². The average Bonchev–Trinajstić information content (AvgIpc) is 1.92. The smallest absolute Gasteiger partial charge is 0.230 e. The van der Waals surface area contributed by atoms with Crippen LogP contribution in [-0.2, 0) is 4.79 Å². The molecule has 0 saturated carbocycles. The van der Waals surface area contributed by atoms with E-state index in [9.17, 15) is 4.79 Å². The molecule has 0 spiro atoms. The fraction of sp³-hybridized carbons (Fsp3) is 0.375. The Morgan fingerprint density at radius 2 is 1.90 bits per heavy atom. The lowest BCUT2D eigenvalue weighted by molar-refractivity contribution is -0.745. The molecule has 0 aliphatic rings. The first kappa shape index (κ1) is 9.11. The molecule has 0 aromatic carbocycles. The van der Waals surface area contributed by atoms with Gasteiger partial charge in [-0.2, -0.15) is 0 Å². The van der Waals surface area contributed by atoms with Gasteiger partial charge in [-0.1, -0.05) is 0 Å². The first-order valence-corrected chi connectivity index (χ1v) is 3.28. The molecule has 0 aliphatic carbocycles. The number of quaternary nitrogens is 1. The van der Waals surface area contributed by atoms with Gasteiger partial charge in [0, 0.05) is 0 Å². The summed E-state index contributed by atoms with van der Waals surface area (Å²) in [5, 5.41) is 0. The maximum Gasteiger partial charge on any atom is 0.319 e. The van der Waals surface area contributed by atoms with Crippen LogP contribution in [0.5, 0.6) is 0 Å². The van der Waals surface area contributed by atoms with E-state index in [2.05, 4.69) is 13.2 Å². The topological polar surface area (TPSA) is 17.1 Å². The summed E-state index contributed by atoms with van der Waals surface area (Å²) >= 11 is 0. The fourth-order valence-electron chi connectivity index (χ4n) is 0.813. The van der Waals surface area contributed by atoms with Crippen LogP contribution in [-0.4, -0.2) is 16.9 Å². The van der Waals surface area contributed by atoms with Crippen LogP contribution in [0.15, 0.2) is 25.6 Å². The molecule has 56 valence electrons. The van der Waals surface area contributed by atoms with Gasteiger partial charge in [-0.25, -0.2) is 9.28 Å². The summed E-state index contributed by atoms with van der Waals surface area (Å²) in [4.78, 5) is 11.0. The Balaban J connectivity index is 4.63. The predicted molar refractivity (Wildman–Crippen MR) is 41.9 cm³/mol. The van der Waals surface area contributed by atoms with Crippen molar-refractivity contribution in [1.29, 1.82) is 0 Å². The minimum absolute atomic E-state index is 0.0486. The molecule has 0 atom stereocenters. The van der Waals surface area contributed by atoms with Crippen LogP contribution in [0.3, 0.4) is 0 Å². The van der Waals surface area contributed by atoms with Crippen LogP contribution in [0, 0.1) is 0 Å². The van der Waals surface area contributed by atoms with Crippen molar-refractivity contribution in [3.8, 4) is 0 Å². The Hall–Kier alpha value is -0.890. The van der Waals surface area contributed by atoms with Gasteiger partial charge >= 0.3 is 5.91 Å². The third-order valence-corrected chi connectivity index (χ3v) is 1.76. The zero-order chi connectivity index (χ0) is 8.20. The van der Waals surface area contributed by atoms with E-state index < -0.39 is 0 Å². The van der Waals surface area contributed by atoms with Crippen molar-refractivity contribution in [3.05, 3.63) is 25.6 Å². The highest BCUT2D eigenvalue weighted by atomic mass is 16.2. The van der Waals surface area contributed by atoms with Crippen molar-refractivity contribution in [3.63, 3.8) is 0 Å². The first-order chi connectivity index (χ1) is 4.63. The monoisotopic (exact) mass is 140 g/mol. The third-order valence-electron chi connectivity index (χ3n) is 1.76. The second kappa shape index (κ2) is 3.32. The maximum atomic E-state index is 11.0. The molecule has 2 heteroatoms. The van der Waals surface area contributed by atoms with Gasteiger partial charge in [-0.15, -0.1) is 0 Å². The lowest BCUT2D eigenvalue weighted by Gasteiger charge is -2.23. The number of hydrogen-bond acceptors (Lipinski definition) is 1. The van der Waals surface area contributed by atoms with Gasteiger partial charge in [0.05, 0.1) is 13.5 Å². The van der Waals surface area contributed by atoms with E-state index >= 15 is 0 Å². The summed E-state index contributed by atoms with van der Waals surface area (Å²) in [7, 11) is 0. The molecule has 0 aromatic heterocycles. The zero-order valence-corrected chi connectivity index (χ0v) is 6.63. The number of carbonyl (C=O) groups excluding carboxylic acids is 1. The van der Waals surface area contributed by atoms with Gasteiger partial charge in [0.1, 0.15) is 12.4 Å². The highest BCUT2D eigenvalue weighted by Crippen LogP contribution is 2.07. The van der Waals surface area contributed by atoms with Crippen molar-refractivity contribution < 1.29 is 9.28 Å². The van der Waals surface area contributed by atoms with Crippen LogP contribution in [0.2, 0.25) is 0 Å². The molecular weight excluding hydrogens is 126 g/mol. The molecule has 0 bridgehead atoms. The van der Waals surface area contributed by atoms with Crippen LogP contribution < -0.4 is 0 Å². The molecule has 0 rings (SSSR count). The summed E-state index contributed by atoms with van der Waals surface area (Å²) < 4.78 is 0.153. The molecule has 0 aliphatic heterocycles. The quantitative estimate of drug-likeness (QED) is 0.545. The predicted octanol–water partition coefficient (Wildman–Crippen LogP) is 1.66. The van der Waals surface area contributed by atoms with Gasteiger partial charge in [-0.05, 0) is 20.1 Å². The SMILES string of the molecule is C=C[N+](C=C)(CC)C(C)=O. The fourth-order valence-corrected chi connectivity index (χ4v) is 0.813. The first-order valence-electron chi connectivity index (χ1n) is 3.28. The number of nitrogens with zero attached hydrogens (tertiary/aromatic N) is 1. The van der Waals surface area contributed by atoms with Gasteiger partial charge in [0.25, 0.3) is 0 Å². The third kappa shape index (κ3) is 1.33. The molecule has 0 N–H and O–H groups in total. The summed E-state index contributed by atoms with van der Waals surface area (Å²) in [6, 6.07) is 0. The molecule has 1 amide bonds. The number of hydrogen-bond donors (Lipinski definition) is 0. The van der Waals surface area contributed by atoms with Gasteiger partial charge in [-0.3, -0.25) is 0 Å². The van der Waals surface area contributed by atoms with Crippen molar-refractivity contribution >= 4 is 5.91 Å². The van der Waals surface area contributed by atoms with Crippen molar-refractivity contribution in [2.24, 2.45) is 0 Å². The molecule has 0 heterocycles. The van der Waals surface area contributed by atoms with Crippen molar-refractivity contribution in [2.45, 2.75) is 13.8 Å². The molecule has 0 aromatic rings. The number of carbonyl (C=O) groups is 1. The minimum atomic E-state index is 0.0486. The molecule has 0 fully saturated rings. The van der Waals surface area contributed by atoms with E-state index in [1.54, 1.807) is 12.4 Å². The average molecular weight is 140 g/mol. The molecule has 2 nitrogen and oxygen atoms in total. The van der Waals surface area contributed by atoms with E-state index in [0.29, 0.717) is 6.54 Å². The van der Waals surface area contributed by atoms with Crippen molar-refractivity contribution in [1.82, 2.24) is 0 Å². The Morgan fingerprint density at radius 3 is 1.90 bits per heavy atom. The van der Waals surface area contributed by atoms with Crippen LogP contribution in [0.4, 0.5) is 0 Å². The zero-order valence-electron chi connectivity index (χ0n) is 6.63. The largest absolute Gasteiger partial charge is 0.319 e.